The zero-order valence-electron chi connectivity index (χ0n) is 24.1. The maximum atomic E-state index is 13.2. The normalized spacial score (nSPS) is 15.0. The molecule has 1 aromatic carbocycles. The SMILES string of the molecule is COC(=O)c1cccc(CS(=O)(=O)N[C@H](CC2CCN(C(=N)N)CC2)C(=O)NCC(=O)N[C@H](C=O)CCCN=C(N)N)c1. The Hall–Kier alpha value is -4.25. The zero-order valence-corrected chi connectivity index (χ0v) is 24.9. The first-order valence-corrected chi connectivity index (χ1v) is 15.3. The third-order valence-electron chi connectivity index (χ3n) is 6.77. The summed E-state index contributed by atoms with van der Waals surface area (Å²) in [4.78, 5) is 54.4. The highest BCUT2D eigenvalue weighted by Gasteiger charge is 2.30. The van der Waals surface area contributed by atoms with Crippen molar-refractivity contribution in [2.75, 3.05) is 33.3 Å². The van der Waals surface area contributed by atoms with E-state index in [9.17, 15) is 27.6 Å². The molecular formula is C26H41N9O7S. The third-order valence-corrected chi connectivity index (χ3v) is 8.13. The lowest BCUT2D eigenvalue weighted by atomic mass is 9.90. The molecule has 1 aliphatic heterocycles. The Kier molecular flexibility index (Phi) is 13.8. The second kappa shape index (κ2) is 17.0. The van der Waals surface area contributed by atoms with E-state index in [0.29, 0.717) is 44.2 Å². The quantitative estimate of drug-likeness (QED) is 0.0352. The Morgan fingerprint density at radius 3 is 2.51 bits per heavy atom. The number of benzene rings is 1. The van der Waals surface area contributed by atoms with Crippen molar-refractivity contribution in [3.8, 4) is 0 Å². The molecule has 1 saturated heterocycles. The molecule has 1 fully saturated rings. The highest BCUT2D eigenvalue weighted by Crippen LogP contribution is 2.22. The summed E-state index contributed by atoms with van der Waals surface area (Å²) in [7, 11) is -2.87. The van der Waals surface area contributed by atoms with E-state index in [0.717, 1.165) is 0 Å². The smallest absolute Gasteiger partial charge is 0.337 e. The molecule has 17 heteroatoms. The van der Waals surface area contributed by atoms with Crippen molar-refractivity contribution in [1.29, 1.82) is 5.41 Å². The maximum absolute atomic E-state index is 13.2. The number of hydrogen-bond acceptors (Lipinski definition) is 9. The van der Waals surface area contributed by atoms with E-state index in [1.807, 2.05) is 0 Å². The number of methoxy groups -OCH3 is 1. The summed E-state index contributed by atoms with van der Waals surface area (Å²) in [5.74, 6) is -2.68. The van der Waals surface area contributed by atoms with Gasteiger partial charge in [-0.25, -0.2) is 17.9 Å². The van der Waals surface area contributed by atoms with Gasteiger partial charge in [0.25, 0.3) is 0 Å². The van der Waals surface area contributed by atoms with Gasteiger partial charge in [0.2, 0.25) is 21.8 Å². The summed E-state index contributed by atoms with van der Waals surface area (Å²) in [5, 5.41) is 12.6. The molecule has 0 radical (unpaired) electrons. The number of guanidine groups is 2. The average molecular weight is 624 g/mol. The van der Waals surface area contributed by atoms with Crippen molar-refractivity contribution in [3.63, 3.8) is 0 Å². The zero-order chi connectivity index (χ0) is 32.0. The Balaban J connectivity index is 2.07. The van der Waals surface area contributed by atoms with Crippen LogP contribution >= 0.6 is 0 Å². The molecule has 238 valence electrons. The number of esters is 1. The molecule has 0 unspecified atom stereocenters. The number of ether oxygens (including phenoxy) is 1. The lowest BCUT2D eigenvalue weighted by Gasteiger charge is -2.33. The average Bonchev–Trinajstić information content (AvgIpc) is 2.96. The number of sulfonamides is 1. The van der Waals surface area contributed by atoms with E-state index < -0.39 is 52.2 Å². The van der Waals surface area contributed by atoms with Crippen LogP contribution in [-0.4, -0.2) is 94.7 Å². The van der Waals surface area contributed by atoms with Crippen molar-refractivity contribution in [3.05, 3.63) is 35.4 Å². The van der Waals surface area contributed by atoms with Gasteiger partial charge in [0, 0.05) is 19.6 Å². The molecule has 0 spiro atoms. The van der Waals surface area contributed by atoms with Crippen molar-refractivity contribution < 1.29 is 32.3 Å². The van der Waals surface area contributed by atoms with Crippen molar-refractivity contribution >= 4 is 46.0 Å². The molecule has 43 heavy (non-hydrogen) atoms. The monoisotopic (exact) mass is 623 g/mol. The molecule has 1 heterocycles. The molecule has 10 N–H and O–H groups in total. The van der Waals surface area contributed by atoms with Crippen LogP contribution in [0.2, 0.25) is 0 Å². The van der Waals surface area contributed by atoms with Crippen LogP contribution < -0.4 is 32.6 Å². The molecule has 2 amide bonds. The summed E-state index contributed by atoms with van der Waals surface area (Å²) < 4.78 is 33.4. The number of amides is 2. The van der Waals surface area contributed by atoms with E-state index in [4.69, 9.17) is 22.6 Å². The van der Waals surface area contributed by atoms with Gasteiger partial charge in [-0.15, -0.1) is 0 Å². The summed E-state index contributed by atoms with van der Waals surface area (Å²) in [5.41, 5.74) is 16.6. The fourth-order valence-corrected chi connectivity index (χ4v) is 5.92. The number of rotatable bonds is 16. The fourth-order valence-electron chi connectivity index (χ4n) is 4.58. The molecule has 0 bridgehead atoms. The minimum absolute atomic E-state index is 0.0569. The lowest BCUT2D eigenvalue weighted by molar-refractivity contribution is -0.128. The predicted molar refractivity (Wildman–Crippen MR) is 159 cm³/mol. The Morgan fingerprint density at radius 1 is 1.21 bits per heavy atom. The van der Waals surface area contributed by atoms with Gasteiger partial charge in [-0.3, -0.25) is 20.0 Å². The molecule has 0 aromatic heterocycles. The van der Waals surface area contributed by atoms with Crippen LogP contribution in [0, 0.1) is 11.3 Å². The number of aliphatic imine (C=N–C) groups is 1. The Bertz CT molecular complexity index is 1280. The van der Waals surface area contributed by atoms with E-state index in [1.54, 1.807) is 4.90 Å². The highest BCUT2D eigenvalue weighted by molar-refractivity contribution is 7.88. The summed E-state index contributed by atoms with van der Waals surface area (Å²) in [6, 6.07) is 3.91. The summed E-state index contributed by atoms with van der Waals surface area (Å²) in [6.07, 6.45) is 2.57. The third kappa shape index (κ3) is 12.7. The maximum Gasteiger partial charge on any atom is 0.337 e. The van der Waals surface area contributed by atoms with Crippen LogP contribution in [0.25, 0.3) is 0 Å². The van der Waals surface area contributed by atoms with E-state index >= 15 is 0 Å². The number of nitrogens with zero attached hydrogens (tertiary/aromatic N) is 2. The molecule has 0 aliphatic carbocycles. The van der Waals surface area contributed by atoms with Crippen molar-refractivity contribution in [2.45, 2.75) is 49.9 Å². The summed E-state index contributed by atoms with van der Waals surface area (Å²) in [6.45, 7) is 0.763. The van der Waals surface area contributed by atoms with Crippen molar-refractivity contribution in [1.82, 2.24) is 20.3 Å². The van der Waals surface area contributed by atoms with Crippen LogP contribution in [0.1, 0.15) is 48.0 Å². The largest absolute Gasteiger partial charge is 0.465 e. The van der Waals surface area contributed by atoms with Gasteiger partial charge in [-0.1, -0.05) is 12.1 Å². The Labute approximate surface area is 250 Å². The number of aldehydes is 1. The molecule has 2 atom stereocenters. The second-order valence-corrected chi connectivity index (χ2v) is 11.9. The minimum Gasteiger partial charge on any atom is -0.465 e. The van der Waals surface area contributed by atoms with Crippen LogP contribution in [0.4, 0.5) is 0 Å². The first kappa shape index (κ1) is 34.9. The van der Waals surface area contributed by atoms with Gasteiger partial charge in [0.05, 0.1) is 31.0 Å². The minimum atomic E-state index is -4.09. The predicted octanol–water partition coefficient (Wildman–Crippen LogP) is -1.89. The Morgan fingerprint density at radius 2 is 1.91 bits per heavy atom. The highest BCUT2D eigenvalue weighted by atomic mass is 32.2. The van der Waals surface area contributed by atoms with Gasteiger partial charge in [0.15, 0.2) is 11.9 Å². The van der Waals surface area contributed by atoms with Crippen LogP contribution in [0.5, 0.6) is 0 Å². The van der Waals surface area contributed by atoms with Gasteiger partial charge in [0.1, 0.15) is 12.3 Å². The van der Waals surface area contributed by atoms with Crippen molar-refractivity contribution in [2.24, 2.45) is 28.1 Å². The number of carbonyl (C=O) groups is 4. The van der Waals surface area contributed by atoms with Gasteiger partial charge in [-0.2, -0.15) is 0 Å². The van der Waals surface area contributed by atoms with Crippen LogP contribution in [-0.2, 0) is 34.9 Å². The van der Waals surface area contributed by atoms with E-state index in [1.165, 1.54) is 31.4 Å². The number of nitrogens with one attached hydrogen (secondary N) is 4. The number of piperidine rings is 1. The number of nitrogens with two attached hydrogens (primary N) is 3. The van der Waals surface area contributed by atoms with Crippen LogP contribution in [0.15, 0.2) is 29.3 Å². The molecule has 2 rings (SSSR count). The molecule has 1 aromatic rings. The van der Waals surface area contributed by atoms with Gasteiger partial charge < -0.3 is 42.3 Å². The van der Waals surface area contributed by atoms with E-state index in [-0.39, 0.29) is 42.8 Å². The fraction of sp³-hybridized carbons (Fsp3) is 0.538. The number of hydrogen-bond donors (Lipinski definition) is 7. The number of likely N-dealkylation sites (tertiary alicyclic amines) is 1. The number of carbonyl (C=O) groups excluding carboxylic acids is 4. The summed E-state index contributed by atoms with van der Waals surface area (Å²) >= 11 is 0. The topological polar surface area (TPSA) is 265 Å². The molecule has 0 saturated carbocycles. The van der Waals surface area contributed by atoms with E-state index in [2.05, 4.69) is 25.1 Å². The first-order valence-electron chi connectivity index (χ1n) is 13.7. The van der Waals surface area contributed by atoms with Gasteiger partial charge in [-0.05, 0) is 55.7 Å². The molecule has 16 nitrogen and oxygen atoms in total. The first-order chi connectivity index (χ1) is 20.3. The second-order valence-electron chi connectivity index (χ2n) is 10.1. The lowest BCUT2D eigenvalue weighted by Crippen LogP contribution is -2.51. The van der Waals surface area contributed by atoms with Gasteiger partial charge >= 0.3 is 5.97 Å². The molecule has 1 aliphatic rings. The molecular weight excluding hydrogens is 582 g/mol. The standard InChI is InChI=1S/C26H41N9O7S/c1-42-24(39)19-5-2-4-18(12-19)16-43(40,41)34-21(13-17-7-10-35(11-8-17)26(29)30)23(38)32-14-22(37)33-20(15-36)6-3-9-31-25(27)28/h2,4-5,12,15,17,20-21,34H,3,6-11,13-14,16H2,1H3,(H3,29,30)(H,32,38)(H,33,37)(H4,27,28,31)/t20-,21+/m0/s1. The van der Waals surface area contributed by atoms with Crippen LogP contribution in [0.3, 0.4) is 0 Å².